The van der Waals surface area contributed by atoms with Gasteiger partial charge in [-0.3, -0.25) is 0 Å². The molecule has 3 aromatic rings. The summed E-state index contributed by atoms with van der Waals surface area (Å²) in [5, 5.41) is 3.48. The van der Waals surface area contributed by atoms with Crippen molar-refractivity contribution in [3.05, 3.63) is 113 Å². The van der Waals surface area contributed by atoms with E-state index in [1.165, 1.54) is 39.8 Å². The van der Waals surface area contributed by atoms with Crippen LogP contribution in [0.15, 0.2) is 79.4 Å². The van der Waals surface area contributed by atoms with E-state index in [1.807, 2.05) is 0 Å². The highest BCUT2D eigenvalue weighted by atomic mass is 14.9. The highest BCUT2D eigenvalue weighted by Gasteiger charge is 2.02. The summed E-state index contributed by atoms with van der Waals surface area (Å²) in [6.45, 7) is 13.7. The van der Waals surface area contributed by atoms with Gasteiger partial charge in [-0.1, -0.05) is 113 Å². The lowest BCUT2D eigenvalue weighted by Crippen LogP contribution is -2.14. The van der Waals surface area contributed by atoms with Gasteiger partial charge in [0.25, 0.3) is 0 Å². The van der Waals surface area contributed by atoms with Gasteiger partial charge in [-0.2, -0.15) is 0 Å². The molecule has 0 amide bonds. The van der Waals surface area contributed by atoms with Crippen LogP contribution >= 0.6 is 0 Å². The normalized spacial score (nSPS) is 9.81. The number of hydrogen-bond donors (Lipinski definition) is 1. The molecule has 0 aromatic heterocycles. The largest absolute Gasteiger partial charge is 0.385 e. The Morgan fingerprint density at radius 3 is 2.10 bits per heavy atom. The highest BCUT2D eigenvalue weighted by molar-refractivity contribution is 5.61. The zero-order valence-electron chi connectivity index (χ0n) is 19.2. The van der Waals surface area contributed by atoms with Crippen molar-refractivity contribution in [2.45, 2.75) is 60.8 Å². The number of aryl methyl sites for hydroxylation is 3. The Kier molecular flexibility index (Phi) is 12.1. The maximum atomic E-state index is 4.20. The molecule has 0 saturated carbocycles. The molecule has 166 valence electrons. The second kappa shape index (κ2) is 14.2. The molecule has 3 aromatic carbocycles. The average Bonchev–Trinajstić information content (AvgIpc) is 2.75. The minimum absolute atomic E-state index is 0. The molecule has 0 unspecified atom stereocenters. The molecule has 0 aliphatic rings. The van der Waals surface area contributed by atoms with Crippen LogP contribution in [0, 0.1) is 13.8 Å². The van der Waals surface area contributed by atoms with E-state index in [4.69, 9.17) is 0 Å². The molecule has 0 heterocycles. The Morgan fingerprint density at radius 1 is 0.839 bits per heavy atom. The Balaban J connectivity index is 0.00000113. The van der Waals surface area contributed by atoms with Gasteiger partial charge < -0.3 is 5.32 Å². The first-order valence-corrected chi connectivity index (χ1v) is 11.2. The van der Waals surface area contributed by atoms with E-state index in [9.17, 15) is 0 Å². The van der Waals surface area contributed by atoms with Gasteiger partial charge in [0.05, 0.1) is 0 Å². The first-order chi connectivity index (χ1) is 14.5. The summed E-state index contributed by atoms with van der Waals surface area (Å²) >= 11 is 0. The molecule has 31 heavy (non-hydrogen) atoms. The third-order valence-electron chi connectivity index (χ3n) is 5.02. The third kappa shape index (κ3) is 9.26. The van der Waals surface area contributed by atoms with Gasteiger partial charge in [0.15, 0.2) is 0 Å². The molecule has 1 heteroatoms. The van der Waals surface area contributed by atoms with Gasteiger partial charge in [-0.25, -0.2) is 0 Å². The summed E-state index contributed by atoms with van der Waals surface area (Å²) in [4.78, 5) is 0. The van der Waals surface area contributed by atoms with E-state index in [1.54, 1.807) is 0 Å². The van der Waals surface area contributed by atoms with Crippen LogP contribution in [0.2, 0.25) is 0 Å². The Hall–Kier alpha value is -2.80. The molecule has 0 bridgehead atoms. The maximum absolute atomic E-state index is 4.20. The van der Waals surface area contributed by atoms with E-state index < -0.39 is 0 Å². The molecule has 0 fully saturated rings. The molecule has 1 N–H and O–H groups in total. The van der Waals surface area contributed by atoms with Crippen molar-refractivity contribution < 1.29 is 0 Å². The van der Waals surface area contributed by atoms with Crippen LogP contribution in [0.1, 0.15) is 67.5 Å². The Labute approximate surface area is 191 Å². The lowest BCUT2D eigenvalue weighted by atomic mass is 10.0. The average molecular weight is 416 g/mol. The van der Waals surface area contributed by atoms with Crippen LogP contribution < -0.4 is 5.32 Å². The first-order valence-electron chi connectivity index (χ1n) is 11.2. The molecule has 0 radical (unpaired) electrons. The first kappa shape index (κ1) is 26.2. The summed E-state index contributed by atoms with van der Waals surface area (Å²) < 4.78 is 0. The van der Waals surface area contributed by atoms with Crippen molar-refractivity contribution in [2.75, 3.05) is 6.54 Å². The number of benzene rings is 3. The van der Waals surface area contributed by atoms with Crippen molar-refractivity contribution in [1.82, 2.24) is 5.32 Å². The number of nitrogens with one attached hydrogen (secondary N) is 1. The topological polar surface area (TPSA) is 12.0 Å². The summed E-state index contributed by atoms with van der Waals surface area (Å²) in [6, 6.07) is 26.0. The predicted octanol–water partition coefficient (Wildman–Crippen LogP) is 8.14. The summed E-state index contributed by atoms with van der Waals surface area (Å²) in [7, 11) is 0. The predicted molar refractivity (Wildman–Crippen MR) is 140 cm³/mol. The van der Waals surface area contributed by atoms with Gasteiger partial charge in [0, 0.05) is 12.2 Å². The van der Waals surface area contributed by atoms with E-state index >= 15 is 0 Å². The molecule has 0 atom stereocenters. The van der Waals surface area contributed by atoms with E-state index in [0.29, 0.717) is 0 Å². The SMILES string of the molecule is C.C=C(NCCCc1cc(C)ccc1C)c1ccc(Cc2ccccc2)cc1.CCC. The fourth-order valence-electron chi connectivity index (χ4n) is 3.35. The second-order valence-corrected chi connectivity index (χ2v) is 8.01. The van der Waals surface area contributed by atoms with Crippen LogP contribution in [0.4, 0.5) is 0 Å². The van der Waals surface area contributed by atoms with Crippen LogP contribution in [0.25, 0.3) is 5.70 Å². The monoisotopic (exact) mass is 415 g/mol. The van der Waals surface area contributed by atoms with Crippen LogP contribution in [0.3, 0.4) is 0 Å². The molecule has 0 aliphatic heterocycles. The number of rotatable bonds is 8. The van der Waals surface area contributed by atoms with Crippen LogP contribution in [0.5, 0.6) is 0 Å². The lowest BCUT2D eigenvalue weighted by Gasteiger charge is -2.12. The Bertz CT molecular complexity index is 891. The molecule has 0 spiro atoms. The van der Waals surface area contributed by atoms with Crippen molar-refractivity contribution >= 4 is 5.70 Å². The maximum Gasteiger partial charge on any atom is 0.0340 e. The summed E-state index contributed by atoms with van der Waals surface area (Å²) in [5.41, 5.74) is 9.01. The van der Waals surface area contributed by atoms with Gasteiger partial charge in [0.1, 0.15) is 0 Å². The minimum Gasteiger partial charge on any atom is -0.385 e. The second-order valence-electron chi connectivity index (χ2n) is 8.01. The van der Waals surface area contributed by atoms with E-state index in [2.05, 4.69) is 112 Å². The third-order valence-corrected chi connectivity index (χ3v) is 5.02. The lowest BCUT2D eigenvalue weighted by molar-refractivity contribution is 0.760. The minimum atomic E-state index is 0. The van der Waals surface area contributed by atoms with Crippen molar-refractivity contribution in [3.63, 3.8) is 0 Å². The van der Waals surface area contributed by atoms with Crippen LogP contribution in [-0.2, 0) is 12.8 Å². The smallest absolute Gasteiger partial charge is 0.0340 e. The molecule has 3 rings (SSSR count). The van der Waals surface area contributed by atoms with Gasteiger partial charge in [-0.05, 0) is 60.9 Å². The molecular formula is C30H41N. The zero-order valence-corrected chi connectivity index (χ0v) is 19.2. The molecule has 0 aliphatic carbocycles. The number of hydrogen-bond acceptors (Lipinski definition) is 1. The summed E-state index contributed by atoms with van der Waals surface area (Å²) in [6.07, 6.45) is 4.43. The highest BCUT2D eigenvalue weighted by Crippen LogP contribution is 2.15. The van der Waals surface area contributed by atoms with Gasteiger partial charge in [-0.15, -0.1) is 0 Å². The van der Waals surface area contributed by atoms with Crippen molar-refractivity contribution in [2.24, 2.45) is 0 Å². The standard InChI is InChI=1S/C26H29N.C3H8.CH4/c1-20-11-12-21(2)26(18-20)10-7-17-27-22(3)25-15-13-24(14-16-25)19-23-8-5-4-6-9-23;1-3-2;/h4-6,8-9,11-16,18,27H,3,7,10,17,19H2,1-2H3;3H2,1-2H3;1H4. The van der Waals surface area contributed by atoms with Crippen molar-refractivity contribution in [1.29, 1.82) is 0 Å². The summed E-state index contributed by atoms with van der Waals surface area (Å²) in [5.74, 6) is 0. The van der Waals surface area contributed by atoms with Crippen molar-refractivity contribution in [3.8, 4) is 0 Å². The van der Waals surface area contributed by atoms with Gasteiger partial charge >= 0.3 is 0 Å². The van der Waals surface area contributed by atoms with E-state index in [-0.39, 0.29) is 7.43 Å². The molecule has 0 saturated heterocycles. The molecule has 1 nitrogen and oxygen atoms in total. The Morgan fingerprint density at radius 2 is 1.45 bits per heavy atom. The fraction of sp³-hybridized carbons (Fsp3) is 0.333. The van der Waals surface area contributed by atoms with Gasteiger partial charge in [0.2, 0.25) is 0 Å². The quantitative estimate of drug-likeness (QED) is 0.366. The zero-order chi connectivity index (χ0) is 21.8. The fourth-order valence-corrected chi connectivity index (χ4v) is 3.35. The van der Waals surface area contributed by atoms with E-state index in [0.717, 1.165) is 31.5 Å². The van der Waals surface area contributed by atoms with Crippen LogP contribution in [-0.4, -0.2) is 6.54 Å². The molecular weight excluding hydrogens is 374 g/mol.